The second-order valence-electron chi connectivity index (χ2n) is 7.36. The molecule has 0 N–H and O–H groups in total. The van der Waals surface area contributed by atoms with Crippen molar-refractivity contribution in [3.63, 3.8) is 0 Å². The molecular formula is C24H24N4O5. The molecule has 9 nitrogen and oxygen atoms in total. The third-order valence-electron chi connectivity index (χ3n) is 5.54. The predicted octanol–water partition coefficient (Wildman–Crippen LogP) is 3.20. The summed E-state index contributed by atoms with van der Waals surface area (Å²) >= 11 is 0. The van der Waals surface area contributed by atoms with Gasteiger partial charge in [0.05, 0.1) is 21.3 Å². The molecule has 1 amide bonds. The van der Waals surface area contributed by atoms with Crippen molar-refractivity contribution >= 4 is 11.8 Å². The third kappa shape index (κ3) is 4.41. The summed E-state index contributed by atoms with van der Waals surface area (Å²) in [5.41, 5.74) is 1.48. The number of methoxy groups -OCH3 is 3. The summed E-state index contributed by atoms with van der Waals surface area (Å²) in [4.78, 5) is 20.9. The van der Waals surface area contributed by atoms with Crippen molar-refractivity contribution in [2.45, 2.75) is 0 Å². The SMILES string of the molecule is COc1ccc(C(=O)N2CCN(c3oc(-c4ccc(OC)c(OC)c4)nc3C#N)CC2)cc1. The van der Waals surface area contributed by atoms with E-state index in [0.717, 1.165) is 0 Å². The van der Waals surface area contributed by atoms with Crippen LogP contribution in [0.5, 0.6) is 17.2 Å². The van der Waals surface area contributed by atoms with E-state index in [-0.39, 0.29) is 11.6 Å². The Bertz CT molecular complexity index is 1170. The zero-order valence-electron chi connectivity index (χ0n) is 18.7. The number of carbonyl (C=O) groups excluding carboxylic acids is 1. The lowest BCUT2D eigenvalue weighted by molar-refractivity contribution is 0.0745. The van der Waals surface area contributed by atoms with Gasteiger partial charge in [0.2, 0.25) is 17.5 Å². The molecule has 170 valence electrons. The molecule has 9 heteroatoms. The Kier molecular flexibility index (Phi) is 6.36. The van der Waals surface area contributed by atoms with Crippen LogP contribution in [0, 0.1) is 11.3 Å². The van der Waals surface area contributed by atoms with Gasteiger partial charge in [-0.1, -0.05) is 0 Å². The molecule has 33 heavy (non-hydrogen) atoms. The van der Waals surface area contributed by atoms with E-state index >= 15 is 0 Å². The summed E-state index contributed by atoms with van der Waals surface area (Å²) in [6.45, 7) is 2.05. The second kappa shape index (κ2) is 9.53. The van der Waals surface area contributed by atoms with Crippen molar-refractivity contribution in [1.29, 1.82) is 5.26 Å². The fourth-order valence-electron chi connectivity index (χ4n) is 3.72. The van der Waals surface area contributed by atoms with Crippen LogP contribution >= 0.6 is 0 Å². The zero-order valence-corrected chi connectivity index (χ0v) is 18.7. The largest absolute Gasteiger partial charge is 0.497 e. The maximum absolute atomic E-state index is 12.8. The van der Waals surface area contributed by atoms with Crippen LogP contribution in [0.4, 0.5) is 5.88 Å². The van der Waals surface area contributed by atoms with E-state index in [2.05, 4.69) is 11.1 Å². The average Bonchev–Trinajstić information content (AvgIpc) is 3.32. The first-order chi connectivity index (χ1) is 16.1. The molecule has 1 aliphatic heterocycles. The fraction of sp³-hybridized carbons (Fsp3) is 0.292. The highest BCUT2D eigenvalue weighted by molar-refractivity contribution is 5.94. The Labute approximate surface area is 191 Å². The number of anilines is 1. The molecule has 3 aromatic rings. The molecule has 0 unspecified atom stereocenters. The number of ether oxygens (including phenoxy) is 3. The Morgan fingerprint density at radius 1 is 0.970 bits per heavy atom. The van der Waals surface area contributed by atoms with Crippen LogP contribution in [0.25, 0.3) is 11.5 Å². The van der Waals surface area contributed by atoms with Crippen LogP contribution in [0.1, 0.15) is 16.1 Å². The Morgan fingerprint density at radius 2 is 1.67 bits per heavy atom. The van der Waals surface area contributed by atoms with E-state index in [1.54, 1.807) is 68.7 Å². The number of piperazine rings is 1. The van der Waals surface area contributed by atoms with Gasteiger partial charge in [-0.3, -0.25) is 4.79 Å². The number of nitriles is 1. The number of benzene rings is 2. The second-order valence-corrected chi connectivity index (χ2v) is 7.36. The number of rotatable bonds is 6. The Morgan fingerprint density at radius 3 is 2.27 bits per heavy atom. The van der Waals surface area contributed by atoms with Gasteiger partial charge in [-0.15, -0.1) is 0 Å². The van der Waals surface area contributed by atoms with E-state index in [4.69, 9.17) is 18.6 Å². The zero-order chi connectivity index (χ0) is 23.4. The highest BCUT2D eigenvalue weighted by Gasteiger charge is 2.27. The van der Waals surface area contributed by atoms with Gasteiger partial charge in [0.1, 0.15) is 11.8 Å². The minimum absolute atomic E-state index is 0.0404. The van der Waals surface area contributed by atoms with Crippen LogP contribution in [0.2, 0.25) is 0 Å². The summed E-state index contributed by atoms with van der Waals surface area (Å²) < 4.78 is 21.8. The van der Waals surface area contributed by atoms with Crippen molar-refractivity contribution in [1.82, 2.24) is 9.88 Å². The molecule has 0 spiro atoms. The lowest BCUT2D eigenvalue weighted by Crippen LogP contribution is -2.48. The normalized spacial score (nSPS) is 13.4. The van der Waals surface area contributed by atoms with Crippen molar-refractivity contribution < 1.29 is 23.4 Å². The summed E-state index contributed by atoms with van der Waals surface area (Å²) in [6, 6.07) is 14.5. The highest BCUT2D eigenvalue weighted by atomic mass is 16.5. The van der Waals surface area contributed by atoms with Gasteiger partial charge in [0, 0.05) is 37.3 Å². The summed E-state index contributed by atoms with van der Waals surface area (Å²) in [7, 11) is 4.70. The first-order valence-electron chi connectivity index (χ1n) is 10.4. The maximum atomic E-state index is 12.8. The molecule has 1 aromatic heterocycles. The first-order valence-corrected chi connectivity index (χ1v) is 10.4. The molecule has 0 atom stereocenters. The van der Waals surface area contributed by atoms with Crippen molar-refractivity contribution in [2.24, 2.45) is 0 Å². The van der Waals surface area contributed by atoms with Crippen molar-refractivity contribution in [3.8, 4) is 34.8 Å². The highest BCUT2D eigenvalue weighted by Crippen LogP contribution is 2.34. The lowest BCUT2D eigenvalue weighted by Gasteiger charge is -2.34. The van der Waals surface area contributed by atoms with E-state index in [9.17, 15) is 10.1 Å². The third-order valence-corrected chi connectivity index (χ3v) is 5.54. The number of carbonyl (C=O) groups is 1. The molecule has 1 aliphatic rings. The van der Waals surface area contributed by atoms with E-state index in [1.165, 1.54) is 0 Å². The van der Waals surface area contributed by atoms with E-state index in [0.29, 0.717) is 66.3 Å². The molecule has 0 saturated carbocycles. The number of hydrogen-bond donors (Lipinski definition) is 0. The van der Waals surface area contributed by atoms with Crippen LogP contribution < -0.4 is 19.1 Å². The maximum Gasteiger partial charge on any atom is 0.253 e. The number of aromatic nitrogens is 1. The first kappa shape index (κ1) is 22.0. The molecule has 4 rings (SSSR count). The number of nitrogens with zero attached hydrogens (tertiary/aromatic N) is 4. The van der Waals surface area contributed by atoms with Gasteiger partial charge >= 0.3 is 0 Å². The average molecular weight is 448 g/mol. The topological polar surface area (TPSA) is 101 Å². The smallest absolute Gasteiger partial charge is 0.253 e. The van der Waals surface area contributed by atoms with E-state index in [1.807, 2.05) is 4.90 Å². The molecule has 2 heterocycles. The Balaban J connectivity index is 1.49. The van der Waals surface area contributed by atoms with Crippen LogP contribution in [-0.4, -0.2) is 63.3 Å². The van der Waals surface area contributed by atoms with Crippen LogP contribution in [0.3, 0.4) is 0 Å². The van der Waals surface area contributed by atoms with Crippen LogP contribution in [0.15, 0.2) is 46.9 Å². The van der Waals surface area contributed by atoms with Gasteiger partial charge < -0.3 is 28.4 Å². The van der Waals surface area contributed by atoms with Gasteiger partial charge in [-0.2, -0.15) is 10.2 Å². The van der Waals surface area contributed by atoms with Gasteiger partial charge in [-0.25, -0.2) is 0 Å². The summed E-state index contributed by atoms with van der Waals surface area (Å²) in [6.07, 6.45) is 0. The number of oxazole rings is 1. The lowest BCUT2D eigenvalue weighted by atomic mass is 10.1. The van der Waals surface area contributed by atoms with Gasteiger partial charge in [-0.05, 0) is 42.5 Å². The standard InChI is InChI=1S/C24H24N4O5/c1-30-18-7-4-16(5-8-18)23(29)27-10-12-28(13-11-27)24-19(15-25)26-22(33-24)17-6-9-20(31-2)21(14-17)32-3/h4-9,14H,10-13H2,1-3H3. The van der Waals surface area contributed by atoms with Crippen LogP contribution in [-0.2, 0) is 0 Å². The quantitative estimate of drug-likeness (QED) is 0.567. The van der Waals surface area contributed by atoms with Gasteiger partial charge in [0.25, 0.3) is 5.91 Å². The summed E-state index contributed by atoms with van der Waals surface area (Å²) in [5, 5.41) is 9.61. The van der Waals surface area contributed by atoms with E-state index < -0.39 is 0 Å². The molecule has 0 radical (unpaired) electrons. The molecule has 0 aliphatic carbocycles. The molecule has 0 bridgehead atoms. The van der Waals surface area contributed by atoms with Crippen molar-refractivity contribution in [3.05, 3.63) is 53.7 Å². The monoisotopic (exact) mass is 448 g/mol. The summed E-state index contributed by atoms with van der Waals surface area (Å²) in [5.74, 6) is 2.51. The molecule has 1 fully saturated rings. The molecule has 2 aromatic carbocycles. The minimum Gasteiger partial charge on any atom is -0.497 e. The Hall–Kier alpha value is -4.19. The molecule has 1 saturated heterocycles. The number of amides is 1. The number of hydrogen-bond acceptors (Lipinski definition) is 8. The van der Waals surface area contributed by atoms with Gasteiger partial charge in [0.15, 0.2) is 11.5 Å². The fourth-order valence-corrected chi connectivity index (χ4v) is 3.72. The predicted molar refractivity (Wildman–Crippen MR) is 121 cm³/mol. The minimum atomic E-state index is -0.0404. The molecular weight excluding hydrogens is 424 g/mol. The van der Waals surface area contributed by atoms with Crippen molar-refractivity contribution in [2.75, 3.05) is 52.4 Å².